The molecule has 2 heteroatoms. The highest BCUT2D eigenvalue weighted by Gasteiger charge is 2.06. The Bertz CT molecular complexity index is 172. The van der Waals surface area contributed by atoms with Crippen molar-refractivity contribution in [3.8, 4) is 0 Å². The maximum absolute atomic E-state index is 3.76. The zero-order valence-corrected chi connectivity index (χ0v) is 7.55. The molecule has 1 aliphatic rings. The van der Waals surface area contributed by atoms with Crippen molar-refractivity contribution < 1.29 is 0 Å². The minimum Gasteiger partial charge on any atom is -0.368 e. The monoisotopic (exact) mass is 171 g/mol. The van der Waals surface area contributed by atoms with Crippen molar-refractivity contribution in [2.24, 2.45) is 0 Å². The summed E-state index contributed by atoms with van der Waals surface area (Å²) in [6.45, 7) is 6.93. The van der Waals surface area contributed by atoms with Crippen LogP contribution < -0.4 is 0 Å². The molecule has 1 unspecified atom stereocenters. The number of rotatable bonds is 2. The Hall–Kier alpha value is -0.690. The normalized spacial score (nSPS) is 21.2. The van der Waals surface area contributed by atoms with Gasteiger partial charge in [-0.15, -0.1) is 19.0 Å². The first kappa shape index (κ1) is 10.3. The number of allylic oxidation sites excluding steroid dienone is 2. The van der Waals surface area contributed by atoms with Crippen molar-refractivity contribution >= 4 is 12.4 Å². The van der Waals surface area contributed by atoms with Gasteiger partial charge in [0, 0.05) is 6.54 Å². The summed E-state index contributed by atoms with van der Waals surface area (Å²) < 4.78 is 0. The van der Waals surface area contributed by atoms with Crippen molar-refractivity contribution in [1.82, 2.24) is 4.90 Å². The lowest BCUT2D eigenvalue weighted by molar-refractivity contribution is 0.376. The van der Waals surface area contributed by atoms with Crippen LogP contribution in [0.5, 0.6) is 0 Å². The van der Waals surface area contributed by atoms with Gasteiger partial charge in [-0.05, 0) is 19.2 Å². The molecule has 0 bridgehead atoms. The van der Waals surface area contributed by atoms with Gasteiger partial charge in [0.15, 0.2) is 0 Å². The molecule has 0 radical (unpaired) electrons. The fraction of sp³-hybridized carbons (Fsp3) is 0.333. The SMILES string of the molecule is C=CC1C=CC=CN1CC.Cl. The molecule has 0 aromatic rings. The van der Waals surface area contributed by atoms with Crippen LogP contribution in [0.2, 0.25) is 0 Å². The van der Waals surface area contributed by atoms with E-state index in [2.05, 4.69) is 36.8 Å². The van der Waals surface area contributed by atoms with Crippen molar-refractivity contribution in [1.29, 1.82) is 0 Å². The average Bonchev–Trinajstić information content (AvgIpc) is 2.04. The van der Waals surface area contributed by atoms with Crippen molar-refractivity contribution in [2.75, 3.05) is 6.54 Å². The lowest BCUT2D eigenvalue weighted by Crippen LogP contribution is -2.28. The third-order valence-corrected chi connectivity index (χ3v) is 1.69. The second kappa shape index (κ2) is 5.03. The van der Waals surface area contributed by atoms with Gasteiger partial charge in [-0.25, -0.2) is 0 Å². The molecule has 1 nitrogen and oxygen atoms in total. The van der Waals surface area contributed by atoms with Crippen LogP contribution in [0.1, 0.15) is 6.92 Å². The Kier molecular flexibility index (Phi) is 4.71. The maximum atomic E-state index is 3.76. The highest BCUT2D eigenvalue weighted by atomic mass is 35.5. The van der Waals surface area contributed by atoms with Crippen LogP contribution in [0.15, 0.2) is 37.1 Å². The highest BCUT2D eigenvalue weighted by Crippen LogP contribution is 2.07. The molecule has 0 saturated carbocycles. The molecule has 0 aromatic carbocycles. The van der Waals surface area contributed by atoms with E-state index < -0.39 is 0 Å². The van der Waals surface area contributed by atoms with Crippen LogP contribution >= 0.6 is 12.4 Å². The fourth-order valence-electron chi connectivity index (χ4n) is 1.08. The summed E-state index contributed by atoms with van der Waals surface area (Å²) in [6, 6.07) is 0.398. The first-order chi connectivity index (χ1) is 4.88. The van der Waals surface area contributed by atoms with Crippen LogP contribution in [0.25, 0.3) is 0 Å². The standard InChI is InChI=1S/C9H13N.ClH/c1-3-9-7-5-6-8-10(9)4-2;/h3,5-9H,1,4H2,2H3;1H. The number of likely N-dealkylation sites (N-methyl/N-ethyl adjacent to an activating group) is 1. The molecule has 1 aliphatic heterocycles. The third-order valence-electron chi connectivity index (χ3n) is 1.69. The number of hydrogen-bond donors (Lipinski definition) is 0. The summed E-state index contributed by atoms with van der Waals surface area (Å²) in [5, 5.41) is 0. The molecule has 1 atom stereocenters. The van der Waals surface area contributed by atoms with E-state index in [9.17, 15) is 0 Å². The Balaban J connectivity index is 0.000001000. The number of hydrogen-bond acceptors (Lipinski definition) is 1. The smallest absolute Gasteiger partial charge is 0.0652 e. The van der Waals surface area contributed by atoms with E-state index >= 15 is 0 Å². The first-order valence-corrected chi connectivity index (χ1v) is 3.61. The van der Waals surface area contributed by atoms with Crippen molar-refractivity contribution in [2.45, 2.75) is 13.0 Å². The van der Waals surface area contributed by atoms with Gasteiger partial charge in [-0.2, -0.15) is 0 Å². The van der Waals surface area contributed by atoms with Crippen LogP contribution in [-0.2, 0) is 0 Å². The summed E-state index contributed by atoms with van der Waals surface area (Å²) >= 11 is 0. The number of nitrogens with zero attached hydrogens (tertiary/aromatic N) is 1. The molecular formula is C9H14ClN. The van der Waals surface area contributed by atoms with Gasteiger partial charge in [-0.1, -0.05) is 18.2 Å². The zero-order chi connectivity index (χ0) is 7.40. The molecule has 1 rings (SSSR count). The van der Waals surface area contributed by atoms with Crippen LogP contribution in [0.3, 0.4) is 0 Å². The minimum absolute atomic E-state index is 0. The third kappa shape index (κ3) is 2.43. The summed E-state index contributed by atoms with van der Waals surface area (Å²) in [4.78, 5) is 2.23. The van der Waals surface area contributed by atoms with E-state index in [0.717, 1.165) is 6.54 Å². The van der Waals surface area contributed by atoms with E-state index in [-0.39, 0.29) is 12.4 Å². The number of halogens is 1. The van der Waals surface area contributed by atoms with Crippen LogP contribution in [0.4, 0.5) is 0 Å². The van der Waals surface area contributed by atoms with Gasteiger partial charge >= 0.3 is 0 Å². The van der Waals surface area contributed by atoms with Gasteiger partial charge in [0.05, 0.1) is 6.04 Å². The fourth-order valence-corrected chi connectivity index (χ4v) is 1.08. The molecule has 0 aromatic heterocycles. The van der Waals surface area contributed by atoms with Gasteiger partial charge in [0.1, 0.15) is 0 Å². The average molecular weight is 172 g/mol. The van der Waals surface area contributed by atoms with Gasteiger partial charge in [-0.3, -0.25) is 0 Å². The lowest BCUT2D eigenvalue weighted by atomic mass is 10.2. The summed E-state index contributed by atoms with van der Waals surface area (Å²) in [5.41, 5.74) is 0. The molecule has 0 aliphatic carbocycles. The summed E-state index contributed by atoms with van der Waals surface area (Å²) in [7, 11) is 0. The van der Waals surface area contributed by atoms with E-state index in [1.165, 1.54) is 0 Å². The van der Waals surface area contributed by atoms with Crippen LogP contribution in [0, 0.1) is 0 Å². The molecule has 0 amide bonds. The Morgan fingerprint density at radius 1 is 1.55 bits per heavy atom. The Morgan fingerprint density at radius 2 is 2.27 bits per heavy atom. The van der Waals surface area contributed by atoms with Crippen molar-refractivity contribution in [3.05, 3.63) is 37.1 Å². The largest absolute Gasteiger partial charge is 0.368 e. The minimum atomic E-state index is 0. The first-order valence-electron chi connectivity index (χ1n) is 3.61. The molecule has 0 spiro atoms. The topological polar surface area (TPSA) is 3.24 Å². The molecule has 62 valence electrons. The Morgan fingerprint density at radius 3 is 2.73 bits per heavy atom. The highest BCUT2D eigenvalue weighted by molar-refractivity contribution is 5.85. The summed E-state index contributed by atoms with van der Waals surface area (Å²) in [5.74, 6) is 0. The predicted molar refractivity (Wildman–Crippen MR) is 51.9 cm³/mol. The quantitative estimate of drug-likeness (QED) is 0.577. The van der Waals surface area contributed by atoms with E-state index in [0.29, 0.717) is 6.04 Å². The van der Waals surface area contributed by atoms with E-state index in [4.69, 9.17) is 0 Å². The van der Waals surface area contributed by atoms with Crippen molar-refractivity contribution in [3.63, 3.8) is 0 Å². The molecular weight excluding hydrogens is 158 g/mol. The second-order valence-corrected chi connectivity index (χ2v) is 2.28. The predicted octanol–water partition coefficient (Wildman–Crippen LogP) is 2.37. The molecule has 0 N–H and O–H groups in total. The molecule has 1 heterocycles. The molecule has 0 saturated heterocycles. The Labute approximate surface area is 74.5 Å². The van der Waals surface area contributed by atoms with E-state index in [1.54, 1.807) is 0 Å². The summed E-state index contributed by atoms with van der Waals surface area (Å²) in [6.07, 6.45) is 10.3. The molecule has 0 fully saturated rings. The lowest BCUT2D eigenvalue weighted by Gasteiger charge is -2.26. The van der Waals surface area contributed by atoms with Gasteiger partial charge < -0.3 is 4.90 Å². The molecule has 11 heavy (non-hydrogen) atoms. The second-order valence-electron chi connectivity index (χ2n) is 2.28. The van der Waals surface area contributed by atoms with Gasteiger partial charge in [0.25, 0.3) is 0 Å². The zero-order valence-electron chi connectivity index (χ0n) is 6.73. The van der Waals surface area contributed by atoms with E-state index in [1.807, 2.05) is 12.2 Å². The van der Waals surface area contributed by atoms with Crippen LogP contribution in [-0.4, -0.2) is 17.5 Å². The van der Waals surface area contributed by atoms with Gasteiger partial charge in [0.2, 0.25) is 0 Å². The maximum Gasteiger partial charge on any atom is 0.0652 e.